The highest BCUT2D eigenvalue weighted by Crippen LogP contribution is 2.69. The Bertz CT molecular complexity index is 3400. The van der Waals surface area contributed by atoms with Crippen LogP contribution in [0.1, 0.15) is 92.1 Å². The molecule has 1 atom stereocenters. The molecule has 3 heterocycles. The van der Waals surface area contributed by atoms with Gasteiger partial charge < -0.3 is 33.2 Å². The summed E-state index contributed by atoms with van der Waals surface area (Å²) in [5, 5.41) is 13.3. The largest absolute Gasteiger partial charge is 0.461 e. The molecule has 1 saturated heterocycles. The number of ether oxygens (including phenoxy) is 7. The SMILES string of the molecule is C=CC(=O)OCCOC(=O)c1ccccc1C(=O)Oc1c2c(c(OC(=O)c3ccccc3C(=O)OCCOC(=O)C=C)c3c1SC(=C1C(=O)N(Cc4ccccc4)N(Cc4ccccc4)C1=O)S3)SC(=C(C#N)C(=O)OCC(CC)CCCC)S2. The number of rotatable bonds is 25. The average molecular weight is 1220 g/mol. The van der Waals surface area contributed by atoms with Gasteiger partial charge in [0.05, 0.1) is 70.0 Å². The predicted octanol–water partition coefficient (Wildman–Crippen LogP) is 11.0. The standard InChI is InChI=1S/C62H53N3O16S4/c1-5-9-20-37(6-2)36-79-58(72)44(33-63)61-82-50-48(80-59(73)42-27-18-16-25-40(42)56(70)77-31-29-75-45(66)7-3)52-53(49(51(50)83-61)81-60(74)43-28-19-17-26-41(43)57(71)78-32-30-76-46(67)8-4)85-62(84-52)47-54(68)64(34-38-21-12-10-13-22-38)65(55(47)69)35-39-23-14-11-15-24-39/h7-8,10-19,21-28,37H,3-6,9,20,29-32,34-36H2,1-2H3. The Hall–Kier alpha value is -8.82. The fourth-order valence-electron chi connectivity index (χ4n) is 8.50. The van der Waals surface area contributed by atoms with Crippen LogP contribution in [0, 0.1) is 17.2 Å². The molecule has 0 N–H and O–H groups in total. The summed E-state index contributed by atoms with van der Waals surface area (Å²) in [6.07, 6.45) is 5.17. The first-order valence-corrected chi connectivity index (χ1v) is 29.7. The number of esters is 7. The molecule has 1 fully saturated rings. The van der Waals surface area contributed by atoms with Crippen LogP contribution >= 0.6 is 47.0 Å². The van der Waals surface area contributed by atoms with Crippen LogP contribution in [0.5, 0.6) is 11.5 Å². The summed E-state index contributed by atoms with van der Waals surface area (Å²) < 4.78 is 39.2. The van der Waals surface area contributed by atoms with Gasteiger partial charge in [-0.1, -0.05) is 178 Å². The monoisotopic (exact) mass is 1220 g/mol. The summed E-state index contributed by atoms with van der Waals surface area (Å²) in [6.45, 7) is 9.26. The topological polar surface area (TPSA) is 249 Å². The molecule has 2 amide bonds. The fourth-order valence-corrected chi connectivity index (χ4v) is 13.9. The quantitative estimate of drug-likeness (QED) is 0.0100. The lowest BCUT2D eigenvalue weighted by Gasteiger charge is -2.27. The molecule has 85 heavy (non-hydrogen) atoms. The minimum absolute atomic E-state index is 0.00617. The highest BCUT2D eigenvalue weighted by molar-refractivity contribution is 8.26. The van der Waals surface area contributed by atoms with Crippen LogP contribution in [0.3, 0.4) is 0 Å². The normalized spacial score (nSPS) is 13.4. The fraction of sp³-hybridized carbons (Fsp3) is 0.226. The molecule has 19 nitrogen and oxygen atoms in total. The number of nitrogens with zero attached hydrogens (tertiary/aromatic N) is 3. The maximum absolute atomic E-state index is 15.0. The van der Waals surface area contributed by atoms with Gasteiger partial charge in [0.2, 0.25) is 0 Å². The Morgan fingerprint density at radius 1 is 0.553 bits per heavy atom. The Balaban J connectivity index is 1.27. The van der Waals surface area contributed by atoms with Crippen LogP contribution in [-0.4, -0.2) is 96.7 Å². The van der Waals surface area contributed by atoms with Crippen molar-refractivity contribution >= 4 is 101 Å². The van der Waals surface area contributed by atoms with Crippen LogP contribution < -0.4 is 9.47 Å². The van der Waals surface area contributed by atoms with Gasteiger partial charge in [-0.25, -0.2) is 43.6 Å². The van der Waals surface area contributed by atoms with E-state index in [-0.39, 0.29) is 119 Å². The molecule has 0 aliphatic carbocycles. The number of nitriles is 1. The second kappa shape index (κ2) is 29.6. The summed E-state index contributed by atoms with van der Waals surface area (Å²) in [7, 11) is 0. The molecule has 0 spiro atoms. The number of hydrogen-bond acceptors (Lipinski definition) is 21. The van der Waals surface area contributed by atoms with Crippen molar-refractivity contribution in [3.05, 3.63) is 188 Å². The first kappa shape index (κ1) is 62.2. The molecule has 3 aliphatic rings. The van der Waals surface area contributed by atoms with E-state index in [1.54, 1.807) is 24.3 Å². The first-order chi connectivity index (χ1) is 41.2. The van der Waals surface area contributed by atoms with Gasteiger partial charge >= 0.3 is 41.8 Å². The number of hydrazine groups is 1. The van der Waals surface area contributed by atoms with Crippen LogP contribution in [0.2, 0.25) is 0 Å². The third kappa shape index (κ3) is 14.9. The molecular formula is C62H53N3O16S4. The Morgan fingerprint density at radius 2 is 0.953 bits per heavy atom. The molecule has 0 aromatic heterocycles. The van der Waals surface area contributed by atoms with Gasteiger partial charge in [-0.15, -0.1) is 0 Å². The van der Waals surface area contributed by atoms with Crippen LogP contribution in [0.4, 0.5) is 0 Å². The zero-order chi connectivity index (χ0) is 60.6. The van der Waals surface area contributed by atoms with Crippen molar-refractivity contribution in [2.75, 3.05) is 33.0 Å². The van der Waals surface area contributed by atoms with E-state index in [9.17, 15) is 48.4 Å². The van der Waals surface area contributed by atoms with E-state index in [4.69, 9.17) is 33.2 Å². The van der Waals surface area contributed by atoms with Crippen molar-refractivity contribution in [3.63, 3.8) is 0 Å². The van der Waals surface area contributed by atoms with Crippen LogP contribution in [0.25, 0.3) is 0 Å². The molecule has 0 radical (unpaired) electrons. The van der Waals surface area contributed by atoms with Crippen LogP contribution in [0.15, 0.2) is 174 Å². The zero-order valence-electron chi connectivity index (χ0n) is 45.8. The van der Waals surface area contributed by atoms with E-state index < -0.39 is 59.2 Å². The lowest BCUT2D eigenvalue weighted by molar-refractivity contribution is -0.149. The number of unbranched alkanes of at least 4 members (excludes halogenated alkanes) is 1. The average Bonchev–Trinajstić information content (AvgIpc) is 1.88. The third-order valence-electron chi connectivity index (χ3n) is 12.9. The number of benzene rings is 5. The maximum Gasteiger partial charge on any atom is 0.350 e. The Morgan fingerprint density at radius 3 is 1.35 bits per heavy atom. The van der Waals surface area contributed by atoms with E-state index >= 15 is 0 Å². The number of carbonyl (C=O) groups is 9. The second-order valence-corrected chi connectivity index (χ2v) is 23.0. The van der Waals surface area contributed by atoms with E-state index in [0.29, 0.717) is 17.5 Å². The van der Waals surface area contributed by atoms with Crippen molar-refractivity contribution in [2.45, 2.75) is 72.2 Å². The highest BCUT2D eigenvalue weighted by Gasteiger charge is 2.47. The molecule has 8 rings (SSSR count). The van der Waals surface area contributed by atoms with Gasteiger partial charge in [0, 0.05) is 12.2 Å². The summed E-state index contributed by atoms with van der Waals surface area (Å²) in [4.78, 5) is 124. The van der Waals surface area contributed by atoms with Gasteiger partial charge in [0.1, 0.15) is 38.1 Å². The zero-order valence-corrected chi connectivity index (χ0v) is 49.1. The molecule has 23 heteroatoms. The Kier molecular flexibility index (Phi) is 21.7. The lowest BCUT2D eigenvalue weighted by atomic mass is 10.0. The number of fused-ring (bicyclic) bond motifs is 2. The van der Waals surface area contributed by atoms with Crippen molar-refractivity contribution in [3.8, 4) is 17.6 Å². The van der Waals surface area contributed by atoms with Gasteiger partial charge in [-0.2, -0.15) is 5.26 Å². The summed E-state index contributed by atoms with van der Waals surface area (Å²) >= 11 is 3.31. The summed E-state index contributed by atoms with van der Waals surface area (Å²) in [5.41, 5.74) is -0.351. The molecule has 436 valence electrons. The smallest absolute Gasteiger partial charge is 0.350 e. The number of thioether (sulfide) groups is 4. The molecular weight excluding hydrogens is 1170 g/mol. The van der Waals surface area contributed by atoms with Gasteiger partial charge in [0.25, 0.3) is 11.8 Å². The molecule has 0 saturated carbocycles. The van der Waals surface area contributed by atoms with Crippen molar-refractivity contribution in [1.29, 1.82) is 5.26 Å². The van der Waals surface area contributed by atoms with Crippen molar-refractivity contribution < 1.29 is 76.3 Å². The Labute approximate surface area is 505 Å². The predicted molar refractivity (Wildman–Crippen MR) is 313 cm³/mol. The minimum atomic E-state index is -1.12. The molecule has 0 bridgehead atoms. The molecule has 1 unspecified atom stereocenters. The second-order valence-electron chi connectivity index (χ2n) is 18.4. The lowest BCUT2D eigenvalue weighted by Crippen LogP contribution is -2.39. The van der Waals surface area contributed by atoms with Gasteiger partial charge in [-0.3, -0.25) is 9.59 Å². The maximum atomic E-state index is 15.0. The van der Waals surface area contributed by atoms with E-state index in [0.717, 1.165) is 78.5 Å². The van der Waals surface area contributed by atoms with Gasteiger partial charge in [0.15, 0.2) is 17.1 Å². The summed E-state index contributed by atoms with van der Waals surface area (Å²) in [6, 6.07) is 31.2. The number of hydrogen-bond donors (Lipinski definition) is 0. The highest BCUT2D eigenvalue weighted by atomic mass is 32.2. The van der Waals surface area contributed by atoms with E-state index in [1.165, 1.54) is 58.5 Å². The summed E-state index contributed by atoms with van der Waals surface area (Å²) in [5.74, 6) is -8.49. The first-order valence-electron chi connectivity index (χ1n) is 26.5. The van der Waals surface area contributed by atoms with Gasteiger partial charge in [-0.05, 0) is 47.7 Å². The third-order valence-corrected chi connectivity index (χ3v) is 18.0. The van der Waals surface area contributed by atoms with E-state index in [1.807, 2.05) is 56.3 Å². The number of amides is 2. The molecule has 5 aromatic rings. The van der Waals surface area contributed by atoms with E-state index in [2.05, 4.69) is 13.2 Å². The van der Waals surface area contributed by atoms with Crippen molar-refractivity contribution in [1.82, 2.24) is 10.0 Å². The minimum Gasteiger partial charge on any atom is -0.461 e. The number of carbonyl (C=O) groups excluding carboxylic acids is 9. The van der Waals surface area contributed by atoms with Crippen LogP contribution in [-0.2, 0) is 60.7 Å². The molecule has 5 aromatic carbocycles. The van der Waals surface area contributed by atoms with Crippen molar-refractivity contribution in [2.24, 2.45) is 5.92 Å². The molecule has 3 aliphatic heterocycles.